The molecule has 1 rings (SSSR count). The first-order valence-corrected chi connectivity index (χ1v) is 9.07. The van der Waals surface area contributed by atoms with Gasteiger partial charge in [0.15, 0.2) is 0 Å². The molecule has 1 unspecified atom stereocenters. The zero-order chi connectivity index (χ0) is 16.4. The first kappa shape index (κ1) is 18.2. The minimum Gasteiger partial charge on any atom is -0.507 e. The van der Waals surface area contributed by atoms with Crippen LogP contribution in [0.4, 0.5) is 0 Å². The predicted octanol–water partition coefficient (Wildman–Crippen LogP) is 4.54. The maximum Gasteiger partial charge on any atom is 0.332 e. The van der Waals surface area contributed by atoms with E-state index in [9.17, 15) is 14.6 Å². The van der Waals surface area contributed by atoms with Gasteiger partial charge >= 0.3 is 7.60 Å². The molecule has 0 saturated heterocycles. The van der Waals surface area contributed by atoms with E-state index in [0.717, 1.165) is 16.7 Å². The molecule has 0 saturated carbocycles. The lowest BCUT2D eigenvalue weighted by atomic mass is 9.82. The van der Waals surface area contributed by atoms with E-state index in [1.807, 2.05) is 40.7 Å². The second kappa shape index (κ2) is 6.51. The third-order valence-corrected chi connectivity index (χ3v) is 4.77. The van der Waals surface area contributed by atoms with Crippen molar-refractivity contribution in [1.29, 1.82) is 0 Å². The van der Waals surface area contributed by atoms with Crippen LogP contribution < -0.4 is 0 Å². The van der Waals surface area contributed by atoms with E-state index in [2.05, 4.69) is 0 Å². The summed E-state index contributed by atoms with van der Waals surface area (Å²) in [6.07, 6.45) is -0.0378. The molecular weight excluding hydrogens is 287 g/mol. The van der Waals surface area contributed by atoms with Gasteiger partial charge < -0.3 is 14.5 Å². The predicted molar refractivity (Wildman–Crippen MR) is 86.1 cm³/mol. The Bertz CT molecular complexity index is 544. The molecule has 4 nitrogen and oxygen atoms in total. The summed E-state index contributed by atoms with van der Waals surface area (Å²) in [5.74, 6) is 0.418. The lowest BCUT2D eigenvalue weighted by molar-refractivity contribution is 0.272. The van der Waals surface area contributed by atoms with Crippen LogP contribution in [0.15, 0.2) is 12.1 Å². The molecule has 2 N–H and O–H groups in total. The molecule has 0 aliphatic heterocycles. The molecule has 0 heterocycles. The first-order valence-electron chi connectivity index (χ1n) is 7.30. The summed E-state index contributed by atoms with van der Waals surface area (Å²) >= 11 is 0. The third-order valence-electron chi connectivity index (χ3n) is 3.34. The quantitative estimate of drug-likeness (QED) is 0.783. The Hall–Kier alpha value is -0.830. The molecular formula is C16H27O4P. The van der Waals surface area contributed by atoms with Gasteiger partial charge in [0.05, 0.1) is 12.8 Å². The Morgan fingerprint density at radius 2 is 1.86 bits per heavy atom. The maximum atomic E-state index is 12.0. The number of phenols is 1. The lowest BCUT2D eigenvalue weighted by Gasteiger charge is -2.25. The normalized spacial score (nSPS) is 15.2. The fourth-order valence-corrected chi connectivity index (χ4v) is 3.44. The van der Waals surface area contributed by atoms with Crippen LogP contribution in [0.2, 0.25) is 0 Å². The van der Waals surface area contributed by atoms with E-state index in [-0.39, 0.29) is 29.9 Å². The Kier molecular flexibility index (Phi) is 5.65. The van der Waals surface area contributed by atoms with Crippen molar-refractivity contribution in [3.63, 3.8) is 0 Å². The first-order chi connectivity index (χ1) is 9.48. The number of rotatable bonds is 5. The van der Waals surface area contributed by atoms with Crippen LogP contribution in [-0.4, -0.2) is 16.6 Å². The Labute approximate surface area is 127 Å². The van der Waals surface area contributed by atoms with Crippen molar-refractivity contribution in [2.24, 2.45) is 0 Å². The topological polar surface area (TPSA) is 66.8 Å². The SMILES string of the molecule is CCOP(=O)(O)Cc1cc(C(C)C)c(O)c(C(C)(C)C)c1. The molecule has 0 spiro atoms. The molecule has 1 aromatic carbocycles. The van der Waals surface area contributed by atoms with Gasteiger partial charge in [-0.05, 0) is 34.9 Å². The van der Waals surface area contributed by atoms with E-state index in [1.54, 1.807) is 13.0 Å². The molecule has 0 amide bonds. The molecule has 0 aliphatic carbocycles. The van der Waals surface area contributed by atoms with Crippen molar-refractivity contribution in [3.05, 3.63) is 28.8 Å². The van der Waals surface area contributed by atoms with Crippen molar-refractivity contribution in [2.45, 2.75) is 59.0 Å². The van der Waals surface area contributed by atoms with Crippen LogP contribution in [0.3, 0.4) is 0 Å². The van der Waals surface area contributed by atoms with Gasteiger partial charge in [-0.3, -0.25) is 4.57 Å². The van der Waals surface area contributed by atoms with Crippen molar-refractivity contribution in [2.75, 3.05) is 6.61 Å². The van der Waals surface area contributed by atoms with Crippen LogP contribution in [0, 0.1) is 0 Å². The second-order valence-corrected chi connectivity index (χ2v) is 8.55. The van der Waals surface area contributed by atoms with Gasteiger partial charge in [0, 0.05) is 0 Å². The number of aromatic hydroxyl groups is 1. The highest BCUT2D eigenvalue weighted by atomic mass is 31.2. The minimum absolute atomic E-state index is 0.0378. The van der Waals surface area contributed by atoms with E-state index in [4.69, 9.17) is 4.52 Å². The summed E-state index contributed by atoms with van der Waals surface area (Å²) in [6, 6.07) is 3.61. The fraction of sp³-hybridized carbons (Fsp3) is 0.625. The smallest absolute Gasteiger partial charge is 0.332 e. The average Bonchev–Trinajstić information content (AvgIpc) is 2.28. The summed E-state index contributed by atoms with van der Waals surface area (Å²) in [4.78, 5) is 9.83. The molecule has 1 aromatic rings. The molecule has 0 aromatic heterocycles. The molecule has 5 heteroatoms. The summed E-state index contributed by atoms with van der Waals surface area (Å²) in [6.45, 7) is 11.9. The molecule has 120 valence electrons. The summed E-state index contributed by atoms with van der Waals surface area (Å²) in [5.41, 5.74) is 2.07. The van der Waals surface area contributed by atoms with E-state index < -0.39 is 7.60 Å². The highest BCUT2D eigenvalue weighted by Crippen LogP contribution is 2.47. The third kappa shape index (κ3) is 4.84. The summed E-state index contributed by atoms with van der Waals surface area (Å²) in [7, 11) is -3.63. The van der Waals surface area contributed by atoms with Crippen molar-refractivity contribution >= 4 is 7.60 Å². The zero-order valence-electron chi connectivity index (χ0n) is 13.8. The molecule has 0 radical (unpaired) electrons. The largest absolute Gasteiger partial charge is 0.507 e. The molecule has 21 heavy (non-hydrogen) atoms. The summed E-state index contributed by atoms with van der Waals surface area (Å²) < 4.78 is 16.9. The van der Waals surface area contributed by atoms with E-state index >= 15 is 0 Å². The highest BCUT2D eigenvalue weighted by molar-refractivity contribution is 7.51. The monoisotopic (exact) mass is 314 g/mol. The highest BCUT2D eigenvalue weighted by Gasteiger charge is 2.25. The van der Waals surface area contributed by atoms with Crippen molar-refractivity contribution < 1.29 is 19.1 Å². The average molecular weight is 314 g/mol. The van der Waals surface area contributed by atoms with Crippen molar-refractivity contribution in [3.8, 4) is 5.75 Å². The molecule has 0 fully saturated rings. The van der Waals surface area contributed by atoms with E-state index in [1.165, 1.54) is 0 Å². The number of phenolic OH excluding ortho intramolecular Hbond substituents is 1. The van der Waals surface area contributed by atoms with Gasteiger partial charge in [-0.2, -0.15) is 0 Å². The van der Waals surface area contributed by atoms with Gasteiger partial charge in [-0.25, -0.2) is 0 Å². The van der Waals surface area contributed by atoms with Gasteiger partial charge in [-0.1, -0.05) is 46.8 Å². The van der Waals surface area contributed by atoms with Gasteiger partial charge in [0.25, 0.3) is 0 Å². The molecule has 1 atom stereocenters. The standard InChI is InChI=1S/C16H27O4P/c1-7-20-21(18,19)10-12-8-13(11(2)3)15(17)14(9-12)16(4,5)6/h8-9,11,17H,7,10H2,1-6H3,(H,18,19). The number of hydrogen-bond donors (Lipinski definition) is 2. The van der Waals surface area contributed by atoms with Gasteiger partial charge in [0.2, 0.25) is 0 Å². The zero-order valence-corrected chi connectivity index (χ0v) is 14.7. The van der Waals surface area contributed by atoms with Crippen LogP contribution in [0.1, 0.15) is 64.2 Å². The number of benzene rings is 1. The van der Waals surface area contributed by atoms with Crippen LogP contribution >= 0.6 is 7.60 Å². The second-order valence-electron chi connectivity index (χ2n) is 6.70. The Morgan fingerprint density at radius 1 is 1.29 bits per heavy atom. The van der Waals surface area contributed by atoms with E-state index in [0.29, 0.717) is 0 Å². The van der Waals surface area contributed by atoms with Crippen molar-refractivity contribution in [1.82, 2.24) is 0 Å². The lowest BCUT2D eigenvalue weighted by Crippen LogP contribution is -2.13. The molecule has 0 bridgehead atoms. The maximum absolute atomic E-state index is 12.0. The fourth-order valence-electron chi connectivity index (χ4n) is 2.30. The Balaban J connectivity index is 3.35. The number of hydrogen-bond acceptors (Lipinski definition) is 3. The minimum atomic E-state index is -3.63. The summed E-state index contributed by atoms with van der Waals surface area (Å²) in [5, 5.41) is 10.5. The van der Waals surface area contributed by atoms with Gasteiger partial charge in [0.1, 0.15) is 5.75 Å². The van der Waals surface area contributed by atoms with Crippen LogP contribution in [-0.2, 0) is 20.7 Å². The van der Waals surface area contributed by atoms with Crippen LogP contribution in [0.25, 0.3) is 0 Å². The van der Waals surface area contributed by atoms with Crippen LogP contribution in [0.5, 0.6) is 5.75 Å². The van der Waals surface area contributed by atoms with Gasteiger partial charge in [-0.15, -0.1) is 0 Å². The molecule has 0 aliphatic rings. The Morgan fingerprint density at radius 3 is 2.29 bits per heavy atom.